The molecule has 1 fully saturated rings. The number of carbonyl (C=O) groups is 1. The third kappa shape index (κ3) is 4.95. The Bertz CT molecular complexity index is 1030. The standard InChI is InChI=1S/C24H46N4O6Si2/c1-21(2,3)35(8,9)24(32)19(28-13-12-18(26-7)27-20(28)30)34-16(23(24,31)14-17(25)29)15-33-36(10,11)22(4,5)6/h12-13,16,19,31-32H,14-15H2,1-11H3,(H2,25,29)(H,26,27,30)/t16-,19-,23-,24-/m1/s1. The van der Waals surface area contributed by atoms with Crippen molar-refractivity contribution in [1.29, 1.82) is 0 Å². The molecule has 1 aromatic rings. The molecule has 1 aliphatic heterocycles. The number of primary amides is 1. The first-order chi connectivity index (χ1) is 16.1. The minimum Gasteiger partial charge on any atom is -0.414 e. The molecule has 2 heterocycles. The van der Waals surface area contributed by atoms with Gasteiger partial charge in [0.15, 0.2) is 14.5 Å². The Labute approximate surface area is 216 Å². The first kappa shape index (κ1) is 30.6. The average molecular weight is 543 g/mol. The van der Waals surface area contributed by atoms with Gasteiger partial charge < -0.3 is 30.4 Å². The minimum atomic E-state index is -3.02. The first-order valence-electron chi connectivity index (χ1n) is 12.4. The lowest BCUT2D eigenvalue weighted by Gasteiger charge is -2.54. The molecule has 1 saturated heterocycles. The van der Waals surface area contributed by atoms with E-state index >= 15 is 0 Å². The van der Waals surface area contributed by atoms with Gasteiger partial charge in [0.2, 0.25) is 5.91 Å². The summed E-state index contributed by atoms with van der Waals surface area (Å²) < 4.78 is 13.9. The van der Waals surface area contributed by atoms with E-state index in [0.29, 0.717) is 5.82 Å². The van der Waals surface area contributed by atoms with Crippen molar-refractivity contribution >= 4 is 28.1 Å². The predicted octanol–water partition coefficient (Wildman–Crippen LogP) is 2.59. The SMILES string of the molecule is CNc1ccn([C@@H]2O[C@H](CO[Si](C)(C)C(C)(C)C)[C@](O)(CC(N)=O)[C@]2(O)[Si](C)(C)C(C)(C)C)c(=O)n1. The van der Waals surface area contributed by atoms with E-state index in [4.69, 9.17) is 14.9 Å². The summed E-state index contributed by atoms with van der Waals surface area (Å²) in [5.74, 6) is -0.428. The fourth-order valence-corrected chi connectivity index (χ4v) is 8.74. The normalized spacial score (nSPS) is 27.8. The topological polar surface area (TPSA) is 149 Å². The molecule has 0 radical (unpaired) electrons. The molecule has 206 valence electrons. The number of nitrogens with one attached hydrogen (secondary N) is 1. The molecule has 0 aromatic carbocycles. The van der Waals surface area contributed by atoms with E-state index in [9.17, 15) is 19.8 Å². The van der Waals surface area contributed by atoms with E-state index < -0.39 is 62.6 Å². The molecule has 1 aromatic heterocycles. The van der Waals surface area contributed by atoms with Crippen molar-refractivity contribution in [1.82, 2.24) is 9.55 Å². The van der Waals surface area contributed by atoms with E-state index in [1.54, 1.807) is 13.1 Å². The summed E-state index contributed by atoms with van der Waals surface area (Å²) in [4.78, 5) is 29.4. The van der Waals surface area contributed by atoms with Crippen molar-refractivity contribution in [3.05, 3.63) is 22.7 Å². The summed E-state index contributed by atoms with van der Waals surface area (Å²) >= 11 is 0. The zero-order chi connectivity index (χ0) is 28.1. The highest BCUT2D eigenvalue weighted by Crippen LogP contribution is 2.58. The lowest BCUT2D eigenvalue weighted by atomic mass is 9.87. The number of nitrogens with two attached hydrogens (primary N) is 1. The van der Waals surface area contributed by atoms with Gasteiger partial charge in [-0.25, -0.2) is 4.79 Å². The molecule has 4 atom stereocenters. The third-order valence-corrected chi connectivity index (χ3v) is 19.7. The van der Waals surface area contributed by atoms with Gasteiger partial charge in [-0.05, 0) is 29.2 Å². The summed E-state index contributed by atoms with van der Waals surface area (Å²) in [6.07, 6.45) is -1.48. The Kier molecular flexibility index (Phi) is 8.19. The van der Waals surface area contributed by atoms with Crippen molar-refractivity contribution in [2.75, 3.05) is 19.0 Å². The highest BCUT2D eigenvalue weighted by Gasteiger charge is 2.74. The Hall–Kier alpha value is -1.58. The lowest BCUT2D eigenvalue weighted by Crippen LogP contribution is -2.74. The van der Waals surface area contributed by atoms with Gasteiger partial charge in [-0.1, -0.05) is 54.6 Å². The van der Waals surface area contributed by atoms with Crippen LogP contribution in [0, 0.1) is 0 Å². The molecule has 0 spiro atoms. The van der Waals surface area contributed by atoms with E-state index in [2.05, 4.69) is 44.2 Å². The molecule has 36 heavy (non-hydrogen) atoms. The number of carbonyl (C=O) groups excluding carboxylic acids is 1. The monoisotopic (exact) mass is 542 g/mol. The molecule has 5 N–H and O–H groups in total. The molecule has 1 amide bonds. The number of hydrogen-bond donors (Lipinski definition) is 4. The zero-order valence-electron chi connectivity index (χ0n) is 23.7. The Morgan fingerprint density at radius 1 is 1.19 bits per heavy atom. The quantitative estimate of drug-likeness (QED) is 0.366. The van der Waals surface area contributed by atoms with Crippen molar-refractivity contribution in [2.45, 2.75) is 107 Å². The van der Waals surface area contributed by atoms with Crippen LogP contribution in [0.15, 0.2) is 17.1 Å². The molecule has 2 rings (SSSR count). The number of rotatable bonds is 8. The number of amides is 1. The minimum absolute atomic E-state index is 0.0650. The van der Waals surface area contributed by atoms with E-state index in [0.717, 1.165) is 0 Å². The maximum absolute atomic E-state index is 13.1. The fourth-order valence-electron chi connectivity index (χ4n) is 4.44. The van der Waals surface area contributed by atoms with Gasteiger partial charge >= 0.3 is 5.69 Å². The van der Waals surface area contributed by atoms with Crippen molar-refractivity contribution < 1.29 is 24.2 Å². The maximum Gasteiger partial charge on any atom is 0.351 e. The average Bonchev–Trinajstić information content (AvgIpc) is 2.92. The van der Waals surface area contributed by atoms with Crippen LogP contribution in [0.3, 0.4) is 0 Å². The van der Waals surface area contributed by atoms with Crippen molar-refractivity contribution in [3.8, 4) is 0 Å². The number of nitrogens with zero attached hydrogens (tertiary/aromatic N) is 2. The number of ether oxygens (including phenoxy) is 1. The molecular formula is C24H46N4O6Si2. The Morgan fingerprint density at radius 2 is 1.75 bits per heavy atom. The number of anilines is 1. The zero-order valence-corrected chi connectivity index (χ0v) is 25.7. The van der Waals surface area contributed by atoms with Crippen LogP contribution in [-0.4, -0.2) is 72.6 Å². The van der Waals surface area contributed by atoms with E-state index in [1.807, 2.05) is 33.9 Å². The number of aliphatic hydroxyl groups is 2. The predicted molar refractivity (Wildman–Crippen MR) is 146 cm³/mol. The van der Waals surface area contributed by atoms with Crippen LogP contribution in [0.5, 0.6) is 0 Å². The van der Waals surface area contributed by atoms with Crippen LogP contribution in [0.2, 0.25) is 36.3 Å². The van der Waals surface area contributed by atoms with E-state index in [1.165, 1.54) is 10.8 Å². The van der Waals surface area contributed by atoms with Crippen molar-refractivity contribution in [3.63, 3.8) is 0 Å². The molecule has 10 nitrogen and oxygen atoms in total. The van der Waals surface area contributed by atoms with Gasteiger partial charge in [-0.2, -0.15) is 4.98 Å². The van der Waals surface area contributed by atoms with Gasteiger partial charge in [0, 0.05) is 13.2 Å². The second kappa shape index (κ2) is 9.62. The lowest BCUT2D eigenvalue weighted by molar-refractivity contribution is -0.141. The highest BCUT2D eigenvalue weighted by atomic mass is 28.4. The first-order valence-corrected chi connectivity index (χ1v) is 18.3. The van der Waals surface area contributed by atoms with Gasteiger partial charge in [0.1, 0.15) is 30.8 Å². The molecule has 0 bridgehead atoms. The van der Waals surface area contributed by atoms with Crippen LogP contribution in [0.1, 0.15) is 54.2 Å². The second-order valence-electron chi connectivity index (χ2n) is 13.0. The number of aromatic nitrogens is 2. The largest absolute Gasteiger partial charge is 0.414 e. The third-order valence-electron chi connectivity index (χ3n) is 8.86. The number of hydrogen-bond acceptors (Lipinski definition) is 8. The molecule has 0 saturated carbocycles. The van der Waals surface area contributed by atoms with Gasteiger partial charge in [-0.3, -0.25) is 9.36 Å². The second-order valence-corrected chi connectivity index (χ2v) is 23.3. The summed E-state index contributed by atoms with van der Waals surface area (Å²) in [7, 11) is -3.67. The van der Waals surface area contributed by atoms with Gasteiger partial charge in [0.05, 0.1) is 13.0 Å². The highest BCUT2D eigenvalue weighted by molar-refractivity contribution is 6.83. The Morgan fingerprint density at radius 3 is 2.17 bits per heavy atom. The Balaban J connectivity index is 2.79. The summed E-state index contributed by atoms with van der Waals surface area (Å²) in [5.41, 5.74) is 2.87. The fraction of sp³-hybridized carbons (Fsp3) is 0.792. The van der Waals surface area contributed by atoms with Crippen molar-refractivity contribution in [2.24, 2.45) is 5.73 Å². The molecular weight excluding hydrogens is 496 g/mol. The summed E-state index contributed by atoms with van der Waals surface area (Å²) in [6.45, 7) is 20.1. The molecule has 1 aliphatic rings. The maximum atomic E-state index is 13.1. The van der Waals surface area contributed by atoms with Crippen LogP contribution in [-0.2, 0) is 14.0 Å². The molecule has 12 heteroatoms. The van der Waals surface area contributed by atoms with Crippen LogP contribution in [0.4, 0.5) is 5.82 Å². The van der Waals surface area contributed by atoms with Crippen LogP contribution < -0.4 is 16.7 Å². The van der Waals surface area contributed by atoms with Gasteiger partial charge in [0.25, 0.3) is 0 Å². The smallest absolute Gasteiger partial charge is 0.351 e. The van der Waals surface area contributed by atoms with Crippen LogP contribution in [0.25, 0.3) is 0 Å². The van der Waals surface area contributed by atoms with Crippen LogP contribution >= 0.6 is 0 Å². The molecule has 0 aliphatic carbocycles. The summed E-state index contributed by atoms with van der Waals surface area (Å²) in [5, 5.41) is 25.2. The van der Waals surface area contributed by atoms with E-state index in [-0.39, 0.29) is 11.6 Å². The summed E-state index contributed by atoms with van der Waals surface area (Å²) in [6, 6.07) is 1.59. The molecule has 0 unspecified atom stereocenters. The van der Waals surface area contributed by atoms with Gasteiger partial charge in [-0.15, -0.1) is 0 Å².